The molecule has 9 nitrogen and oxygen atoms in total. The minimum Gasteiger partial charge on any atom is -0.385 e. The van der Waals surface area contributed by atoms with E-state index < -0.39 is 5.54 Å². The normalized spacial score (nSPS) is 16.7. The molecular weight excluding hydrogens is 518 g/mol. The second kappa shape index (κ2) is 13.4. The quantitative estimate of drug-likeness (QED) is 0.407. The van der Waals surface area contributed by atoms with Crippen LogP contribution in [0.3, 0.4) is 0 Å². The second-order valence-electron chi connectivity index (χ2n) is 11.7. The molecule has 0 saturated carbocycles. The van der Waals surface area contributed by atoms with Crippen molar-refractivity contribution in [3.63, 3.8) is 0 Å². The predicted octanol–water partition coefficient (Wildman–Crippen LogP) is 4.76. The highest BCUT2D eigenvalue weighted by Crippen LogP contribution is 2.40. The molecule has 222 valence electrons. The van der Waals surface area contributed by atoms with Gasteiger partial charge < -0.3 is 30.1 Å². The Kier molecular flexibility index (Phi) is 9.91. The molecule has 2 fully saturated rings. The highest BCUT2D eigenvalue weighted by Gasteiger charge is 2.54. The molecule has 2 aliphatic heterocycles. The summed E-state index contributed by atoms with van der Waals surface area (Å²) in [5.74, 6) is 0.307. The van der Waals surface area contributed by atoms with Crippen LogP contribution in [0, 0.1) is 0 Å². The summed E-state index contributed by atoms with van der Waals surface area (Å²) in [6, 6.07) is 15.9. The van der Waals surface area contributed by atoms with Crippen LogP contribution in [0.1, 0.15) is 69.9 Å². The van der Waals surface area contributed by atoms with Gasteiger partial charge in [0.05, 0.1) is 6.67 Å². The van der Waals surface area contributed by atoms with E-state index in [1.807, 2.05) is 35.2 Å². The fourth-order valence-electron chi connectivity index (χ4n) is 5.96. The molecular formula is C32H45N5O4. The number of nitrogens with one attached hydrogen (secondary N) is 2. The summed E-state index contributed by atoms with van der Waals surface area (Å²) in [4.78, 5) is 45.7. The number of likely N-dealkylation sites (tertiary alicyclic amines) is 1. The van der Waals surface area contributed by atoms with E-state index in [0.717, 1.165) is 22.5 Å². The Morgan fingerprint density at radius 2 is 1.59 bits per heavy atom. The molecule has 0 unspecified atom stereocenters. The van der Waals surface area contributed by atoms with Crippen molar-refractivity contribution in [3.8, 4) is 0 Å². The van der Waals surface area contributed by atoms with Gasteiger partial charge in [0.25, 0.3) is 5.91 Å². The molecule has 4 rings (SSSR count). The third-order valence-electron chi connectivity index (χ3n) is 8.25. The van der Waals surface area contributed by atoms with Gasteiger partial charge in [-0.25, -0.2) is 4.79 Å². The van der Waals surface area contributed by atoms with E-state index in [0.29, 0.717) is 52.2 Å². The van der Waals surface area contributed by atoms with E-state index in [-0.39, 0.29) is 36.2 Å². The molecule has 1 spiro atoms. The Morgan fingerprint density at radius 3 is 2.17 bits per heavy atom. The summed E-state index contributed by atoms with van der Waals surface area (Å²) in [5, 5.41) is 6.11. The first-order valence-corrected chi connectivity index (χ1v) is 14.7. The number of rotatable bonds is 10. The fraction of sp³-hybridized carbons (Fsp3) is 0.531. The molecule has 4 amide bonds. The van der Waals surface area contributed by atoms with Gasteiger partial charge in [0, 0.05) is 44.7 Å². The van der Waals surface area contributed by atoms with Gasteiger partial charge in [-0.3, -0.25) is 9.59 Å². The number of methoxy groups -OCH3 is 1. The molecule has 2 aromatic rings. The van der Waals surface area contributed by atoms with Crippen molar-refractivity contribution in [2.45, 2.75) is 64.3 Å². The first-order chi connectivity index (χ1) is 19.7. The largest absolute Gasteiger partial charge is 0.385 e. The van der Waals surface area contributed by atoms with Crippen molar-refractivity contribution in [3.05, 3.63) is 59.7 Å². The number of amides is 4. The molecule has 0 aliphatic carbocycles. The molecule has 2 aliphatic rings. The summed E-state index contributed by atoms with van der Waals surface area (Å²) in [7, 11) is 1.63. The molecule has 2 saturated heterocycles. The first kappa shape index (κ1) is 30.4. The van der Waals surface area contributed by atoms with Gasteiger partial charge in [-0.05, 0) is 54.4 Å². The third kappa shape index (κ3) is 6.67. The SMILES string of the molecule is COCCCNC(=O)CN1CN(c2ccccc2)C2(CCN(C(=O)Nc3c(C(C)C)cccc3C(C)C)CC2)C1=O. The number of ether oxygens (including phenoxy) is 1. The number of nitrogens with zero attached hydrogens (tertiary/aromatic N) is 3. The third-order valence-corrected chi connectivity index (χ3v) is 8.25. The highest BCUT2D eigenvalue weighted by atomic mass is 16.5. The van der Waals surface area contributed by atoms with Gasteiger partial charge in [-0.15, -0.1) is 0 Å². The summed E-state index contributed by atoms with van der Waals surface area (Å²) in [6.07, 6.45) is 1.69. The maximum atomic E-state index is 13.9. The van der Waals surface area contributed by atoms with Crippen LogP contribution in [0.5, 0.6) is 0 Å². The Bertz CT molecular complexity index is 1180. The molecule has 0 atom stereocenters. The van der Waals surface area contributed by atoms with Crippen LogP contribution in [0.4, 0.5) is 16.2 Å². The van der Waals surface area contributed by atoms with Gasteiger partial charge in [0.15, 0.2) is 0 Å². The number of benzene rings is 2. The number of hydrogen-bond acceptors (Lipinski definition) is 5. The van der Waals surface area contributed by atoms with Crippen LogP contribution in [-0.4, -0.2) is 79.7 Å². The number of carbonyl (C=O) groups excluding carboxylic acids is 3. The lowest BCUT2D eigenvalue weighted by atomic mass is 9.85. The average Bonchev–Trinajstić information content (AvgIpc) is 3.22. The Balaban J connectivity index is 1.49. The van der Waals surface area contributed by atoms with Crippen molar-refractivity contribution in [2.24, 2.45) is 0 Å². The van der Waals surface area contributed by atoms with Crippen molar-refractivity contribution in [1.29, 1.82) is 0 Å². The van der Waals surface area contributed by atoms with Gasteiger partial charge in [0.1, 0.15) is 12.1 Å². The fourth-order valence-corrected chi connectivity index (χ4v) is 5.96. The number of hydrogen-bond donors (Lipinski definition) is 2. The van der Waals surface area contributed by atoms with Crippen molar-refractivity contribution >= 4 is 29.2 Å². The standard InChI is InChI=1S/C32H45N5O4/c1-23(2)26-13-9-14-27(24(3)4)29(26)34-31(40)35-18-15-32(16-19-35)30(39)36(21-28(38)33-17-10-20-41-5)22-37(32)25-11-7-6-8-12-25/h6-9,11-14,23-24H,10,15-22H2,1-5H3,(H,33,38)(H,34,40). The lowest BCUT2D eigenvalue weighted by Crippen LogP contribution is -2.58. The maximum Gasteiger partial charge on any atom is 0.321 e. The smallest absolute Gasteiger partial charge is 0.321 e. The Morgan fingerprint density at radius 1 is 0.951 bits per heavy atom. The van der Waals surface area contributed by atoms with Crippen molar-refractivity contribution < 1.29 is 19.1 Å². The molecule has 0 bridgehead atoms. The van der Waals surface area contributed by atoms with Crippen LogP contribution in [0.2, 0.25) is 0 Å². The highest BCUT2D eigenvalue weighted by molar-refractivity contribution is 5.97. The Labute approximate surface area is 244 Å². The minimum atomic E-state index is -0.798. The molecule has 41 heavy (non-hydrogen) atoms. The van der Waals surface area contributed by atoms with Crippen LogP contribution in [-0.2, 0) is 14.3 Å². The molecule has 0 radical (unpaired) electrons. The van der Waals surface area contributed by atoms with Crippen molar-refractivity contribution in [1.82, 2.24) is 15.1 Å². The first-order valence-electron chi connectivity index (χ1n) is 14.7. The van der Waals surface area contributed by atoms with Crippen LogP contribution < -0.4 is 15.5 Å². The summed E-state index contributed by atoms with van der Waals surface area (Å²) < 4.78 is 5.05. The van der Waals surface area contributed by atoms with E-state index in [4.69, 9.17) is 4.74 Å². The zero-order valence-electron chi connectivity index (χ0n) is 25.1. The van der Waals surface area contributed by atoms with Gasteiger partial charge in [0.2, 0.25) is 5.91 Å². The number of anilines is 2. The number of carbonyl (C=O) groups is 3. The van der Waals surface area contributed by atoms with Gasteiger partial charge >= 0.3 is 6.03 Å². The summed E-state index contributed by atoms with van der Waals surface area (Å²) >= 11 is 0. The number of para-hydroxylation sites is 2. The number of urea groups is 1. The maximum absolute atomic E-state index is 13.9. The van der Waals surface area contributed by atoms with E-state index >= 15 is 0 Å². The molecule has 9 heteroatoms. The van der Waals surface area contributed by atoms with E-state index in [1.165, 1.54) is 0 Å². The predicted molar refractivity (Wildman–Crippen MR) is 162 cm³/mol. The number of piperidine rings is 1. The summed E-state index contributed by atoms with van der Waals surface area (Å²) in [5.41, 5.74) is 3.28. The van der Waals surface area contributed by atoms with Crippen LogP contribution in [0.25, 0.3) is 0 Å². The Hall–Kier alpha value is -3.59. The monoisotopic (exact) mass is 563 g/mol. The average molecular weight is 564 g/mol. The topological polar surface area (TPSA) is 94.2 Å². The zero-order chi connectivity index (χ0) is 29.6. The lowest BCUT2D eigenvalue weighted by molar-refractivity contribution is -0.137. The van der Waals surface area contributed by atoms with E-state index in [2.05, 4.69) is 61.4 Å². The van der Waals surface area contributed by atoms with Crippen LogP contribution in [0.15, 0.2) is 48.5 Å². The zero-order valence-corrected chi connectivity index (χ0v) is 25.1. The van der Waals surface area contributed by atoms with Gasteiger partial charge in [-0.2, -0.15) is 0 Å². The van der Waals surface area contributed by atoms with E-state index in [9.17, 15) is 14.4 Å². The molecule has 2 heterocycles. The van der Waals surface area contributed by atoms with Crippen molar-refractivity contribution in [2.75, 3.05) is 56.8 Å². The van der Waals surface area contributed by atoms with Crippen LogP contribution >= 0.6 is 0 Å². The lowest BCUT2D eigenvalue weighted by Gasteiger charge is -2.43. The molecule has 0 aromatic heterocycles. The molecule has 2 aromatic carbocycles. The molecule has 2 N–H and O–H groups in total. The van der Waals surface area contributed by atoms with Gasteiger partial charge in [-0.1, -0.05) is 64.1 Å². The second-order valence-corrected chi connectivity index (χ2v) is 11.7. The summed E-state index contributed by atoms with van der Waals surface area (Å²) in [6.45, 7) is 10.8. The minimum absolute atomic E-state index is 0.00502. The van der Waals surface area contributed by atoms with E-state index in [1.54, 1.807) is 12.0 Å².